The number of carbonyl (C=O) groups excluding carboxylic acids is 1. The lowest BCUT2D eigenvalue weighted by atomic mass is 9.90. The Morgan fingerprint density at radius 1 is 1.28 bits per heavy atom. The van der Waals surface area contributed by atoms with E-state index in [1.54, 1.807) is 4.68 Å². The van der Waals surface area contributed by atoms with Crippen molar-refractivity contribution >= 4 is 11.6 Å². The summed E-state index contributed by atoms with van der Waals surface area (Å²) in [7, 11) is 1.89. The zero-order valence-electron chi connectivity index (χ0n) is 13.8. The van der Waals surface area contributed by atoms with Crippen molar-refractivity contribution in [1.29, 1.82) is 0 Å². The molecule has 0 radical (unpaired) electrons. The molecule has 25 heavy (non-hydrogen) atoms. The predicted octanol–water partition coefficient (Wildman–Crippen LogP) is 1.15. The van der Waals surface area contributed by atoms with E-state index >= 15 is 0 Å². The van der Waals surface area contributed by atoms with Gasteiger partial charge in [0.2, 0.25) is 5.91 Å². The molecule has 1 aromatic carbocycles. The van der Waals surface area contributed by atoms with Crippen LogP contribution in [0.3, 0.4) is 0 Å². The van der Waals surface area contributed by atoms with E-state index in [-0.39, 0.29) is 17.7 Å². The number of aromatic amines is 1. The van der Waals surface area contributed by atoms with Crippen molar-refractivity contribution in [2.75, 3.05) is 18.4 Å². The number of carbonyl (C=O) groups is 1. The van der Waals surface area contributed by atoms with Crippen LogP contribution in [0.5, 0.6) is 0 Å². The standard InChI is InChI=1S/C17H19N7O/c1-24-9-12(6-21-24)14-7-18-8-15(14)17(25)22-13-4-2-11(3-5-13)16-19-10-20-23-16/h2-6,9-10,14-15,18H,7-8H2,1H3,(H,22,25)(H,19,20,23)/t14-,15+/m1/s1. The van der Waals surface area contributed by atoms with Gasteiger partial charge < -0.3 is 10.6 Å². The molecule has 1 saturated heterocycles. The van der Waals surface area contributed by atoms with Crippen molar-refractivity contribution in [1.82, 2.24) is 30.3 Å². The summed E-state index contributed by atoms with van der Waals surface area (Å²) in [6.45, 7) is 1.45. The van der Waals surface area contributed by atoms with Gasteiger partial charge in [-0.3, -0.25) is 14.6 Å². The highest BCUT2D eigenvalue weighted by Gasteiger charge is 2.34. The number of hydrogen-bond donors (Lipinski definition) is 3. The number of aromatic nitrogens is 5. The molecule has 3 heterocycles. The van der Waals surface area contributed by atoms with Crippen molar-refractivity contribution in [2.45, 2.75) is 5.92 Å². The second kappa shape index (κ2) is 6.48. The third-order valence-corrected chi connectivity index (χ3v) is 4.54. The topological polar surface area (TPSA) is 101 Å². The van der Waals surface area contributed by atoms with Crippen LogP contribution in [0.15, 0.2) is 43.0 Å². The van der Waals surface area contributed by atoms with Crippen LogP contribution in [0.4, 0.5) is 5.69 Å². The van der Waals surface area contributed by atoms with Gasteiger partial charge in [0.05, 0.1) is 12.1 Å². The number of rotatable bonds is 4. The zero-order chi connectivity index (χ0) is 17.2. The Bertz CT molecular complexity index is 854. The van der Waals surface area contributed by atoms with E-state index < -0.39 is 0 Å². The lowest BCUT2D eigenvalue weighted by molar-refractivity contribution is -0.119. The number of H-pyrrole nitrogens is 1. The first-order valence-electron chi connectivity index (χ1n) is 8.16. The van der Waals surface area contributed by atoms with Crippen LogP contribution in [0, 0.1) is 5.92 Å². The summed E-state index contributed by atoms with van der Waals surface area (Å²) in [5.41, 5.74) is 2.78. The summed E-state index contributed by atoms with van der Waals surface area (Å²) in [5, 5.41) is 17.2. The molecule has 3 aromatic rings. The van der Waals surface area contributed by atoms with Crippen molar-refractivity contribution < 1.29 is 4.79 Å². The molecule has 8 heteroatoms. The fourth-order valence-electron chi connectivity index (χ4n) is 3.23. The normalized spacial score (nSPS) is 19.9. The molecule has 0 unspecified atom stereocenters. The third-order valence-electron chi connectivity index (χ3n) is 4.54. The quantitative estimate of drug-likeness (QED) is 0.663. The van der Waals surface area contributed by atoms with Crippen LogP contribution in [-0.2, 0) is 11.8 Å². The Kier molecular flexibility index (Phi) is 4.02. The molecule has 0 aliphatic carbocycles. The number of nitrogens with zero attached hydrogens (tertiary/aromatic N) is 4. The Balaban J connectivity index is 1.46. The fourth-order valence-corrected chi connectivity index (χ4v) is 3.23. The van der Waals surface area contributed by atoms with Gasteiger partial charge in [-0.25, -0.2) is 4.98 Å². The zero-order valence-corrected chi connectivity index (χ0v) is 13.8. The molecule has 1 aliphatic rings. The van der Waals surface area contributed by atoms with E-state index in [0.29, 0.717) is 12.4 Å². The molecular weight excluding hydrogens is 318 g/mol. The predicted molar refractivity (Wildman–Crippen MR) is 92.8 cm³/mol. The lowest BCUT2D eigenvalue weighted by Gasteiger charge is -2.17. The first-order valence-corrected chi connectivity index (χ1v) is 8.16. The molecule has 2 atom stereocenters. The Morgan fingerprint density at radius 2 is 2.12 bits per heavy atom. The molecule has 8 nitrogen and oxygen atoms in total. The van der Waals surface area contributed by atoms with E-state index in [1.807, 2.05) is 43.7 Å². The van der Waals surface area contributed by atoms with Gasteiger partial charge in [-0.1, -0.05) is 0 Å². The second-order valence-electron chi connectivity index (χ2n) is 6.22. The first-order chi connectivity index (χ1) is 12.2. The Morgan fingerprint density at radius 3 is 2.80 bits per heavy atom. The lowest BCUT2D eigenvalue weighted by Crippen LogP contribution is -2.28. The van der Waals surface area contributed by atoms with Crippen LogP contribution < -0.4 is 10.6 Å². The van der Waals surface area contributed by atoms with Crippen LogP contribution >= 0.6 is 0 Å². The molecule has 1 fully saturated rings. The molecular formula is C17H19N7O. The van der Waals surface area contributed by atoms with Gasteiger partial charge in [0, 0.05) is 43.5 Å². The maximum Gasteiger partial charge on any atom is 0.229 e. The van der Waals surface area contributed by atoms with Gasteiger partial charge in [-0.05, 0) is 29.8 Å². The highest BCUT2D eigenvalue weighted by molar-refractivity contribution is 5.93. The molecule has 0 spiro atoms. The van der Waals surface area contributed by atoms with E-state index in [0.717, 1.165) is 23.4 Å². The SMILES string of the molecule is Cn1cc([C@H]2CNC[C@@H]2C(=O)Nc2ccc(-c3ncn[nH]3)cc2)cn1. The fraction of sp³-hybridized carbons (Fsp3) is 0.294. The number of aryl methyl sites for hydroxylation is 1. The maximum absolute atomic E-state index is 12.7. The van der Waals surface area contributed by atoms with Crippen molar-refractivity contribution in [2.24, 2.45) is 13.0 Å². The van der Waals surface area contributed by atoms with Gasteiger partial charge in [0.25, 0.3) is 0 Å². The third kappa shape index (κ3) is 3.16. The van der Waals surface area contributed by atoms with E-state index in [4.69, 9.17) is 0 Å². The van der Waals surface area contributed by atoms with E-state index in [1.165, 1.54) is 6.33 Å². The van der Waals surface area contributed by atoms with Crippen molar-refractivity contribution in [3.05, 3.63) is 48.5 Å². The molecule has 0 saturated carbocycles. The average molecular weight is 337 g/mol. The molecule has 128 valence electrons. The van der Waals surface area contributed by atoms with Gasteiger partial charge in [0.1, 0.15) is 6.33 Å². The maximum atomic E-state index is 12.7. The largest absolute Gasteiger partial charge is 0.326 e. The summed E-state index contributed by atoms with van der Waals surface area (Å²) < 4.78 is 1.77. The molecule has 1 aliphatic heterocycles. The molecule has 2 aromatic heterocycles. The van der Waals surface area contributed by atoms with E-state index in [2.05, 4.69) is 30.9 Å². The molecule has 4 rings (SSSR count). The molecule has 0 bridgehead atoms. The van der Waals surface area contributed by atoms with Gasteiger partial charge >= 0.3 is 0 Å². The summed E-state index contributed by atoms with van der Waals surface area (Å²) in [6.07, 6.45) is 5.28. The van der Waals surface area contributed by atoms with Crippen LogP contribution in [0.1, 0.15) is 11.5 Å². The smallest absolute Gasteiger partial charge is 0.229 e. The van der Waals surface area contributed by atoms with Crippen molar-refractivity contribution in [3.63, 3.8) is 0 Å². The van der Waals surface area contributed by atoms with Crippen LogP contribution in [-0.4, -0.2) is 44.0 Å². The number of benzene rings is 1. The molecule has 1 amide bonds. The monoisotopic (exact) mass is 337 g/mol. The van der Waals surface area contributed by atoms with Crippen molar-refractivity contribution in [3.8, 4) is 11.4 Å². The summed E-state index contributed by atoms with van der Waals surface area (Å²) in [6, 6.07) is 7.55. The average Bonchev–Trinajstić information content (AvgIpc) is 3.36. The van der Waals surface area contributed by atoms with Gasteiger partial charge in [-0.15, -0.1) is 0 Å². The summed E-state index contributed by atoms with van der Waals surface area (Å²) >= 11 is 0. The second-order valence-corrected chi connectivity index (χ2v) is 6.22. The van der Waals surface area contributed by atoms with Gasteiger partial charge in [0.15, 0.2) is 5.82 Å². The number of amides is 1. The minimum absolute atomic E-state index is 0.0197. The summed E-state index contributed by atoms with van der Waals surface area (Å²) in [4.78, 5) is 16.8. The highest BCUT2D eigenvalue weighted by Crippen LogP contribution is 2.29. The first kappa shape index (κ1) is 15.5. The minimum Gasteiger partial charge on any atom is -0.326 e. The Hall–Kier alpha value is -3.00. The Labute approximate surface area is 144 Å². The summed E-state index contributed by atoms with van der Waals surface area (Å²) in [5.74, 6) is 0.751. The van der Waals surface area contributed by atoms with Gasteiger partial charge in [-0.2, -0.15) is 10.2 Å². The molecule has 3 N–H and O–H groups in total. The van der Waals surface area contributed by atoms with Crippen LogP contribution in [0.2, 0.25) is 0 Å². The number of nitrogens with one attached hydrogen (secondary N) is 3. The highest BCUT2D eigenvalue weighted by atomic mass is 16.1. The number of hydrogen-bond acceptors (Lipinski definition) is 5. The van der Waals surface area contributed by atoms with E-state index in [9.17, 15) is 4.79 Å². The minimum atomic E-state index is -0.113. The number of anilines is 1. The van der Waals surface area contributed by atoms with Crippen LogP contribution in [0.25, 0.3) is 11.4 Å².